The molecule has 0 amide bonds. The fraction of sp³-hybridized carbons (Fsp3) is 0.0455. The van der Waals surface area contributed by atoms with Crippen LogP contribution in [0.15, 0.2) is 96.0 Å². The van der Waals surface area contributed by atoms with E-state index in [2.05, 4.69) is 83.8 Å². The molecule has 0 radical (unpaired) electrons. The summed E-state index contributed by atoms with van der Waals surface area (Å²) in [4.78, 5) is 5.90. The lowest BCUT2D eigenvalue weighted by Crippen LogP contribution is -1.86. The number of pyridine rings is 1. The minimum absolute atomic E-state index is 0.971. The fourth-order valence-corrected chi connectivity index (χ4v) is 3.82. The van der Waals surface area contributed by atoms with Gasteiger partial charge in [0.1, 0.15) is 0 Å². The number of hydrogen-bond donors (Lipinski definition) is 0. The van der Waals surface area contributed by atoms with Crippen molar-refractivity contribution in [1.82, 2.24) is 4.98 Å². The SMILES string of the molecule is c1ccc(CSc2ccccc2-c2cnc3ccccc3c2)cc1. The number of hydrogen-bond acceptors (Lipinski definition) is 2. The van der Waals surface area contributed by atoms with E-state index in [0.717, 1.165) is 11.3 Å². The molecule has 0 aliphatic rings. The Morgan fingerprint density at radius 3 is 2.42 bits per heavy atom. The zero-order valence-electron chi connectivity index (χ0n) is 13.2. The fourth-order valence-electron chi connectivity index (χ4n) is 2.78. The molecule has 4 aromatic rings. The lowest BCUT2D eigenvalue weighted by Gasteiger charge is -2.10. The molecule has 0 fully saturated rings. The molecule has 0 bridgehead atoms. The van der Waals surface area contributed by atoms with Gasteiger partial charge in [-0.05, 0) is 29.3 Å². The summed E-state index contributed by atoms with van der Waals surface area (Å²) in [5, 5.41) is 1.18. The third kappa shape index (κ3) is 3.19. The third-order valence-electron chi connectivity index (χ3n) is 4.03. The Kier molecular flexibility index (Phi) is 4.30. The van der Waals surface area contributed by atoms with Crippen molar-refractivity contribution in [2.75, 3.05) is 0 Å². The van der Waals surface area contributed by atoms with Crippen molar-refractivity contribution < 1.29 is 0 Å². The second kappa shape index (κ2) is 6.90. The van der Waals surface area contributed by atoms with Crippen LogP contribution in [0.4, 0.5) is 0 Å². The van der Waals surface area contributed by atoms with Gasteiger partial charge in [0.05, 0.1) is 5.52 Å². The van der Waals surface area contributed by atoms with Crippen LogP contribution in [0, 0.1) is 0 Å². The highest BCUT2D eigenvalue weighted by Gasteiger charge is 2.07. The number of para-hydroxylation sites is 1. The summed E-state index contributed by atoms with van der Waals surface area (Å²) >= 11 is 1.87. The molecule has 1 nitrogen and oxygen atoms in total. The number of benzene rings is 3. The number of thioether (sulfide) groups is 1. The lowest BCUT2D eigenvalue weighted by molar-refractivity contribution is 1.36. The van der Waals surface area contributed by atoms with Gasteiger partial charge in [0.15, 0.2) is 0 Å². The van der Waals surface area contributed by atoms with Crippen LogP contribution in [0.2, 0.25) is 0 Å². The molecule has 0 aliphatic carbocycles. The molecule has 0 spiro atoms. The highest BCUT2D eigenvalue weighted by Crippen LogP contribution is 2.33. The van der Waals surface area contributed by atoms with E-state index in [9.17, 15) is 0 Å². The van der Waals surface area contributed by atoms with Crippen LogP contribution in [-0.2, 0) is 5.75 Å². The Morgan fingerprint density at radius 2 is 1.50 bits per heavy atom. The van der Waals surface area contributed by atoms with E-state index in [4.69, 9.17) is 0 Å². The number of aromatic nitrogens is 1. The number of rotatable bonds is 4. The van der Waals surface area contributed by atoms with Gasteiger partial charge in [-0.25, -0.2) is 0 Å². The molecule has 0 saturated heterocycles. The summed E-state index contributed by atoms with van der Waals surface area (Å²) < 4.78 is 0. The average Bonchev–Trinajstić information content (AvgIpc) is 2.67. The first kappa shape index (κ1) is 15.0. The number of nitrogens with zero attached hydrogens (tertiary/aromatic N) is 1. The molecule has 0 atom stereocenters. The quantitative estimate of drug-likeness (QED) is 0.414. The van der Waals surface area contributed by atoms with Crippen molar-refractivity contribution in [2.45, 2.75) is 10.6 Å². The molecular weight excluding hydrogens is 310 g/mol. The zero-order chi connectivity index (χ0) is 16.2. The van der Waals surface area contributed by atoms with Crippen LogP contribution in [0.5, 0.6) is 0 Å². The van der Waals surface area contributed by atoms with E-state index in [1.807, 2.05) is 24.0 Å². The van der Waals surface area contributed by atoms with E-state index in [0.29, 0.717) is 0 Å². The maximum absolute atomic E-state index is 4.61. The van der Waals surface area contributed by atoms with Gasteiger partial charge in [-0.2, -0.15) is 0 Å². The molecule has 0 N–H and O–H groups in total. The summed E-state index contributed by atoms with van der Waals surface area (Å²) in [6, 6.07) is 29.6. The van der Waals surface area contributed by atoms with E-state index >= 15 is 0 Å². The molecule has 0 unspecified atom stereocenters. The van der Waals surface area contributed by atoms with Crippen LogP contribution in [0.1, 0.15) is 5.56 Å². The van der Waals surface area contributed by atoms with Crippen LogP contribution < -0.4 is 0 Å². The summed E-state index contributed by atoms with van der Waals surface area (Å²) in [5.41, 5.74) is 4.80. The largest absolute Gasteiger partial charge is 0.256 e. The average molecular weight is 327 g/mol. The standard InChI is InChI=1S/C22H17NS/c1-2-8-17(9-3-1)16-24-22-13-7-5-11-20(22)19-14-18-10-4-6-12-21(18)23-15-19/h1-15H,16H2. The van der Waals surface area contributed by atoms with Gasteiger partial charge < -0.3 is 0 Å². The molecular formula is C22H17NS. The van der Waals surface area contributed by atoms with E-state index in [1.54, 1.807) is 0 Å². The van der Waals surface area contributed by atoms with E-state index < -0.39 is 0 Å². The first-order chi connectivity index (χ1) is 11.9. The molecule has 3 aromatic carbocycles. The van der Waals surface area contributed by atoms with Gasteiger partial charge in [0.25, 0.3) is 0 Å². The van der Waals surface area contributed by atoms with Gasteiger partial charge in [0.2, 0.25) is 0 Å². The summed E-state index contributed by atoms with van der Waals surface area (Å²) in [6.45, 7) is 0. The maximum atomic E-state index is 4.61. The summed E-state index contributed by atoms with van der Waals surface area (Å²) in [5.74, 6) is 0.971. The normalized spacial score (nSPS) is 10.8. The molecule has 4 rings (SSSR count). The van der Waals surface area contributed by atoms with E-state index in [1.165, 1.54) is 27.0 Å². The van der Waals surface area contributed by atoms with Crippen LogP contribution in [0.3, 0.4) is 0 Å². The lowest BCUT2D eigenvalue weighted by atomic mass is 10.1. The maximum Gasteiger partial charge on any atom is 0.0702 e. The Bertz CT molecular complexity index is 963. The molecule has 1 aromatic heterocycles. The minimum atomic E-state index is 0.971. The minimum Gasteiger partial charge on any atom is -0.256 e. The van der Waals surface area contributed by atoms with Crippen LogP contribution in [-0.4, -0.2) is 4.98 Å². The molecule has 2 heteroatoms. The summed E-state index contributed by atoms with van der Waals surface area (Å²) in [7, 11) is 0. The zero-order valence-corrected chi connectivity index (χ0v) is 14.0. The van der Waals surface area contributed by atoms with Gasteiger partial charge >= 0.3 is 0 Å². The van der Waals surface area contributed by atoms with E-state index in [-0.39, 0.29) is 0 Å². The van der Waals surface area contributed by atoms with Crippen LogP contribution >= 0.6 is 11.8 Å². The number of fused-ring (bicyclic) bond motifs is 1. The van der Waals surface area contributed by atoms with Crippen molar-refractivity contribution in [3.63, 3.8) is 0 Å². The summed E-state index contributed by atoms with van der Waals surface area (Å²) in [6.07, 6.45) is 1.98. The Morgan fingerprint density at radius 1 is 0.750 bits per heavy atom. The van der Waals surface area contributed by atoms with Crippen molar-refractivity contribution in [2.24, 2.45) is 0 Å². The Labute approximate surface area is 146 Å². The van der Waals surface area contributed by atoms with Crippen molar-refractivity contribution >= 4 is 22.7 Å². The monoisotopic (exact) mass is 327 g/mol. The third-order valence-corrected chi connectivity index (χ3v) is 5.17. The Hall–Kier alpha value is -2.58. The van der Waals surface area contributed by atoms with Crippen LogP contribution in [0.25, 0.3) is 22.0 Å². The second-order valence-corrected chi connectivity index (χ2v) is 6.70. The smallest absolute Gasteiger partial charge is 0.0702 e. The second-order valence-electron chi connectivity index (χ2n) is 5.69. The molecule has 116 valence electrons. The van der Waals surface area contributed by atoms with Crippen molar-refractivity contribution in [3.8, 4) is 11.1 Å². The first-order valence-electron chi connectivity index (χ1n) is 8.01. The highest BCUT2D eigenvalue weighted by molar-refractivity contribution is 7.98. The predicted octanol–water partition coefficient (Wildman–Crippen LogP) is 6.19. The van der Waals surface area contributed by atoms with Gasteiger partial charge in [0, 0.05) is 27.8 Å². The first-order valence-corrected chi connectivity index (χ1v) is 9.00. The predicted molar refractivity (Wildman–Crippen MR) is 103 cm³/mol. The molecule has 0 saturated carbocycles. The molecule has 0 aliphatic heterocycles. The highest BCUT2D eigenvalue weighted by atomic mass is 32.2. The molecule has 24 heavy (non-hydrogen) atoms. The Balaban J connectivity index is 1.67. The van der Waals surface area contributed by atoms with Gasteiger partial charge in [-0.1, -0.05) is 66.7 Å². The van der Waals surface area contributed by atoms with Gasteiger partial charge in [-0.15, -0.1) is 11.8 Å². The van der Waals surface area contributed by atoms with Crippen molar-refractivity contribution in [1.29, 1.82) is 0 Å². The molecule has 1 heterocycles. The van der Waals surface area contributed by atoms with Gasteiger partial charge in [-0.3, -0.25) is 4.98 Å². The van der Waals surface area contributed by atoms with Crippen molar-refractivity contribution in [3.05, 3.63) is 96.7 Å². The topological polar surface area (TPSA) is 12.9 Å².